The molecule has 0 saturated carbocycles. The summed E-state index contributed by atoms with van der Waals surface area (Å²) in [6, 6.07) is 7.69. The van der Waals surface area contributed by atoms with Crippen LogP contribution in [0, 0.1) is 0 Å². The smallest absolute Gasteiger partial charge is 0.163 e. The summed E-state index contributed by atoms with van der Waals surface area (Å²) in [6.45, 7) is 4.42. The van der Waals surface area contributed by atoms with Crippen LogP contribution in [0.1, 0.15) is 25.5 Å². The molecule has 1 aliphatic rings. The van der Waals surface area contributed by atoms with Gasteiger partial charge in [0.1, 0.15) is 6.10 Å². The Bertz CT molecular complexity index is 336. The normalized spacial score (nSPS) is 25.2. The molecule has 1 aromatic rings. The van der Waals surface area contributed by atoms with Gasteiger partial charge in [-0.05, 0) is 31.5 Å². The first-order chi connectivity index (χ1) is 6.57. The molecule has 0 aliphatic carbocycles. The van der Waals surface area contributed by atoms with Gasteiger partial charge in [0.15, 0.2) is 5.79 Å². The maximum atomic E-state index is 5.90. The van der Waals surface area contributed by atoms with Crippen molar-refractivity contribution >= 4 is 11.6 Å². The Labute approximate surface area is 88.8 Å². The molecule has 76 valence electrons. The third-order valence-corrected chi connectivity index (χ3v) is 2.46. The molecule has 1 aliphatic heterocycles. The molecule has 0 N–H and O–H groups in total. The predicted octanol–water partition coefficient (Wildman–Crippen LogP) is 3.16. The number of halogens is 1. The molecule has 14 heavy (non-hydrogen) atoms. The summed E-state index contributed by atoms with van der Waals surface area (Å²) in [5.74, 6) is -0.479. The van der Waals surface area contributed by atoms with Crippen LogP contribution in [0.2, 0.25) is 5.02 Å². The summed E-state index contributed by atoms with van der Waals surface area (Å²) in [5, 5.41) is 0.732. The Kier molecular flexibility index (Phi) is 2.52. The zero-order valence-electron chi connectivity index (χ0n) is 8.29. The molecule has 1 atom stereocenters. The SMILES string of the molecule is CC1(C)OC[C@H](c2cccc(Cl)c2)O1. The van der Waals surface area contributed by atoms with Crippen molar-refractivity contribution in [3.63, 3.8) is 0 Å². The van der Waals surface area contributed by atoms with Gasteiger partial charge in [0.2, 0.25) is 0 Å². The van der Waals surface area contributed by atoms with E-state index >= 15 is 0 Å². The molecular formula is C11H13ClO2. The highest BCUT2D eigenvalue weighted by Gasteiger charge is 2.33. The molecule has 0 amide bonds. The Hall–Kier alpha value is -0.570. The van der Waals surface area contributed by atoms with Gasteiger partial charge in [0.05, 0.1) is 6.61 Å². The fourth-order valence-electron chi connectivity index (χ4n) is 1.56. The molecule has 0 spiro atoms. The predicted molar refractivity (Wildman–Crippen MR) is 55.3 cm³/mol. The number of rotatable bonds is 1. The zero-order chi connectivity index (χ0) is 10.2. The maximum Gasteiger partial charge on any atom is 0.163 e. The highest BCUT2D eigenvalue weighted by Crippen LogP contribution is 2.33. The highest BCUT2D eigenvalue weighted by atomic mass is 35.5. The monoisotopic (exact) mass is 212 g/mol. The van der Waals surface area contributed by atoms with Crippen molar-refractivity contribution in [1.29, 1.82) is 0 Å². The van der Waals surface area contributed by atoms with Crippen LogP contribution in [0.15, 0.2) is 24.3 Å². The molecule has 1 heterocycles. The van der Waals surface area contributed by atoms with Crippen LogP contribution in [0.4, 0.5) is 0 Å². The molecule has 0 unspecified atom stereocenters. The van der Waals surface area contributed by atoms with Crippen LogP contribution in [-0.2, 0) is 9.47 Å². The van der Waals surface area contributed by atoms with Gasteiger partial charge in [-0.2, -0.15) is 0 Å². The van der Waals surface area contributed by atoms with Crippen molar-refractivity contribution in [2.45, 2.75) is 25.7 Å². The first kappa shape index (κ1) is 9.97. The number of hydrogen-bond acceptors (Lipinski definition) is 2. The lowest BCUT2D eigenvalue weighted by Crippen LogP contribution is -2.19. The second-order valence-electron chi connectivity index (χ2n) is 3.87. The van der Waals surface area contributed by atoms with Crippen molar-refractivity contribution in [3.05, 3.63) is 34.9 Å². The van der Waals surface area contributed by atoms with Crippen LogP contribution in [0.25, 0.3) is 0 Å². The van der Waals surface area contributed by atoms with E-state index in [0.717, 1.165) is 10.6 Å². The van der Waals surface area contributed by atoms with Crippen molar-refractivity contribution < 1.29 is 9.47 Å². The van der Waals surface area contributed by atoms with E-state index in [-0.39, 0.29) is 6.10 Å². The lowest BCUT2D eigenvalue weighted by Gasteiger charge is -2.17. The molecule has 0 aromatic heterocycles. The number of benzene rings is 1. The highest BCUT2D eigenvalue weighted by molar-refractivity contribution is 6.30. The Morgan fingerprint density at radius 3 is 2.79 bits per heavy atom. The Morgan fingerprint density at radius 1 is 1.43 bits per heavy atom. The summed E-state index contributed by atoms with van der Waals surface area (Å²) in [7, 11) is 0. The minimum absolute atomic E-state index is 0.00343. The quantitative estimate of drug-likeness (QED) is 0.712. The van der Waals surface area contributed by atoms with E-state index in [2.05, 4.69) is 0 Å². The third-order valence-electron chi connectivity index (χ3n) is 2.23. The fraction of sp³-hybridized carbons (Fsp3) is 0.455. The first-order valence-corrected chi connectivity index (χ1v) is 5.02. The summed E-state index contributed by atoms with van der Waals surface area (Å²) in [6.07, 6.45) is 0.00343. The lowest BCUT2D eigenvalue weighted by atomic mass is 10.1. The van der Waals surface area contributed by atoms with E-state index in [1.807, 2.05) is 38.1 Å². The zero-order valence-corrected chi connectivity index (χ0v) is 9.04. The first-order valence-electron chi connectivity index (χ1n) is 4.64. The minimum atomic E-state index is -0.479. The van der Waals surface area contributed by atoms with Gasteiger partial charge >= 0.3 is 0 Å². The summed E-state index contributed by atoms with van der Waals surface area (Å²) in [4.78, 5) is 0. The van der Waals surface area contributed by atoms with Crippen LogP contribution in [0.3, 0.4) is 0 Å². The topological polar surface area (TPSA) is 18.5 Å². The average molecular weight is 213 g/mol. The molecule has 1 fully saturated rings. The van der Waals surface area contributed by atoms with Gasteiger partial charge in [-0.1, -0.05) is 23.7 Å². The van der Waals surface area contributed by atoms with Crippen molar-refractivity contribution in [2.75, 3.05) is 6.61 Å². The molecule has 1 saturated heterocycles. The molecule has 0 radical (unpaired) electrons. The van der Waals surface area contributed by atoms with E-state index < -0.39 is 5.79 Å². The minimum Gasteiger partial charge on any atom is -0.347 e. The molecule has 2 nitrogen and oxygen atoms in total. The molecule has 0 bridgehead atoms. The second kappa shape index (κ2) is 3.54. The molecule has 2 rings (SSSR count). The molecule has 1 aromatic carbocycles. The van der Waals surface area contributed by atoms with Crippen molar-refractivity contribution in [1.82, 2.24) is 0 Å². The molecular weight excluding hydrogens is 200 g/mol. The summed E-state index contributed by atoms with van der Waals surface area (Å²) < 4.78 is 11.2. The van der Waals surface area contributed by atoms with Crippen molar-refractivity contribution in [2.24, 2.45) is 0 Å². The van der Waals surface area contributed by atoms with E-state index in [9.17, 15) is 0 Å². The van der Waals surface area contributed by atoms with E-state index in [4.69, 9.17) is 21.1 Å². The van der Waals surface area contributed by atoms with E-state index in [0.29, 0.717) is 6.61 Å². The largest absolute Gasteiger partial charge is 0.347 e. The van der Waals surface area contributed by atoms with Gasteiger partial charge in [0, 0.05) is 5.02 Å². The van der Waals surface area contributed by atoms with Crippen LogP contribution in [0.5, 0.6) is 0 Å². The fourth-order valence-corrected chi connectivity index (χ4v) is 1.76. The summed E-state index contributed by atoms with van der Waals surface area (Å²) in [5.41, 5.74) is 1.07. The Morgan fingerprint density at radius 2 is 2.21 bits per heavy atom. The summed E-state index contributed by atoms with van der Waals surface area (Å²) >= 11 is 5.90. The van der Waals surface area contributed by atoms with Crippen molar-refractivity contribution in [3.8, 4) is 0 Å². The number of hydrogen-bond donors (Lipinski definition) is 0. The van der Waals surface area contributed by atoms with Crippen LogP contribution >= 0.6 is 11.6 Å². The van der Waals surface area contributed by atoms with Gasteiger partial charge in [-0.15, -0.1) is 0 Å². The van der Waals surface area contributed by atoms with Gasteiger partial charge in [-0.3, -0.25) is 0 Å². The maximum absolute atomic E-state index is 5.90. The second-order valence-corrected chi connectivity index (χ2v) is 4.31. The lowest BCUT2D eigenvalue weighted by molar-refractivity contribution is -0.139. The van der Waals surface area contributed by atoms with Gasteiger partial charge < -0.3 is 9.47 Å². The van der Waals surface area contributed by atoms with E-state index in [1.54, 1.807) is 0 Å². The molecule has 3 heteroatoms. The third kappa shape index (κ3) is 2.08. The van der Waals surface area contributed by atoms with Gasteiger partial charge in [-0.25, -0.2) is 0 Å². The van der Waals surface area contributed by atoms with E-state index in [1.165, 1.54) is 0 Å². The van der Waals surface area contributed by atoms with Gasteiger partial charge in [0.25, 0.3) is 0 Å². The average Bonchev–Trinajstić information content (AvgIpc) is 2.46. The number of ether oxygens (including phenoxy) is 2. The van der Waals surface area contributed by atoms with Crippen LogP contribution < -0.4 is 0 Å². The Balaban J connectivity index is 2.17. The van der Waals surface area contributed by atoms with Crippen LogP contribution in [-0.4, -0.2) is 12.4 Å². The standard InChI is InChI=1S/C11H13ClO2/c1-11(2)13-7-10(14-11)8-4-3-5-9(12)6-8/h3-6,10H,7H2,1-2H3/t10-/m1/s1.